The zero-order chi connectivity index (χ0) is 11.4. The molecule has 0 unspecified atom stereocenters. The number of rotatable bonds is 5. The summed E-state index contributed by atoms with van der Waals surface area (Å²) in [5, 5.41) is 19.1. The predicted octanol–water partition coefficient (Wildman–Crippen LogP) is 0.186. The van der Waals surface area contributed by atoms with E-state index in [1.165, 1.54) is 16.7 Å². The minimum atomic E-state index is -1.08. The van der Waals surface area contributed by atoms with E-state index < -0.39 is 18.0 Å². The summed E-state index contributed by atoms with van der Waals surface area (Å²) in [6.07, 6.45) is 0.632. The van der Waals surface area contributed by atoms with Crippen molar-refractivity contribution in [3.8, 4) is 0 Å². The topological polar surface area (TPSA) is 114 Å². The summed E-state index contributed by atoms with van der Waals surface area (Å²) in [5.74, 6) is -2.15. The van der Waals surface area contributed by atoms with Crippen molar-refractivity contribution >= 4 is 23.3 Å². The van der Waals surface area contributed by atoms with Crippen molar-refractivity contribution in [2.45, 2.75) is 18.9 Å². The number of nitrogens with two attached hydrogens (primary N) is 1. The molecule has 0 aliphatic carbocycles. The van der Waals surface area contributed by atoms with Crippen LogP contribution < -0.4 is 5.73 Å². The molecule has 0 aliphatic rings. The Bertz CT molecular complexity index is 376. The Morgan fingerprint density at radius 3 is 2.67 bits per heavy atom. The normalized spacial score (nSPS) is 12.3. The third-order valence-corrected chi connectivity index (χ3v) is 2.67. The van der Waals surface area contributed by atoms with E-state index in [1.807, 2.05) is 0 Å². The molecular weight excluding hydrogens is 220 g/mol. The molecule has 0 spiro atoms. The van der Waals surface area contributed by atoms with Crippen LogP contribution in [0.4, 0.5) is 0 Å². The minimum absolute atomic E-state index is 0.0149. The van der Waals surface area contributed by atoms with Gasteiger partial charge in [0.15, 0.2) is 5.69 Å². The fourth-order valence-corrected chi connectivity index (χ4v) is 1.71. The summed E-state index contributed by atoms with van der Waals surface area (Å²) in [5.41, 5.74) is 5.28. The van der Waals surface area contributed by atoms with Crippen LogP contribution in [0.2, 0.25) is 0 Å². The van der Waals surface area contributed by atoms with E-state index in [0.717, 1.165) is 0 Å². The van der Waals surface area contributed by atoms with Gasteiger partial charge < -0.3 is 15.9 Å². The van der Waals surface area contributed by atoms with E-state index in [4.69, 9.17) is 15.9 Å². The van der Waals surface area contributed by atoms with Gasteiger partial charge in [-0.1, -0.05) is 0 Å². The minimum Gasteiger partial charge on any atom is -0.480 e. The van der Waals surface area contributed by atoms with Crippen LogP contribution in [-0.2, 0) is 11.2 Å². The van der Waals surface area contributed by atoms with Gasteiger partial charge in [0.25, 0.3) is 0 Å². The molecule has 7 heteroatoms. The van der Waals surface area contributed by atoms with Gasteiger partial charge in [-0.05, 0) is 6.42 Å². The Hall–Kier alpha value is -1.47. The number of aromatic carboxylic acids is 1. The molecule has 6 nitrogen and oxygen atoms in total. The lowest BCUT2D eigenvalue weighted by atomic mass is 10.2. The Morgan fingerprint density at radius 1 is 1.53 bits per heavy atom. The van der Waals surface area contributed by atoms with E-state index in [0.29, 0.717) is 11.4 Å². The maximum Gasteiger partial charge on any atom is 0.355 e. The molecule has 0 amide bonds. The van der Waals surface area contributed by atoms with Crippen molar-refractivity contribution in [2.24, 2.45) is 5.73 Å². The Morgan fingerprint density at radius 2 is 2.20 bits per heavy atom. The number of aryl methyl sites for hydroxylation is 1. The number of hydrogen-bond acceptors (Lipinski definition) is 5. The molecular formula is C8H10N2O4S. The predicted molar refractivity (Wildman–Crippen MR) is 53.0 cm³/mol. The number of hydrogen-bond donors (Lipinski definition) is 3. The molecule has 0 radical (unpaired) electrons. The molecule has 0 saturated carbocycles. The number of carboxylic acid groups (broad SMARTS) is 2. The molecule has 0 saturated heterocycles. The van der Waals surface area contributed by atoms with Crippen LogP contribution in [0, 0.1) is 0 Å². The first-order valence-corrected chi connectivity index (χ1v) is 5.04. The zero-order valence-electron chi connectivity index (χ0n) is 7.71. The summed E-state index contributed by atoms with van der Waals surface area (Å²) < 4.78 is 0. The van der Waals surface area contributed by atoms with Crippen LogP contribution in [0.25, 0.3) is 0 Å². The van der Waals surface area contributed by atoms with E-state index in [-0.39, 0.29) is 12.1 Å². The lowest BCUT2D eigenvalue weighted by Crippen LogP contribution is -2.30. The van der Waals surface area contributed by atoms with Crippen molar-refractivity contribution < 1.29 is 19.8 Å². The van der Waals surface area contributed by atoms with Gasteiger partial charge in [0.1, 0.15) is 6.04 Å². The second kappa shape index (κ2) is 4.85. The zero-order valence-corrected chi connectivity index (χ0v) is 8.53. The van der Waals surface area contributed by atoms with Gasteiger partial charge in [-0.25, -0.2) is 9.78 Å². The number of thiazole rings is 1. The second-order valence-corrected chi connectivity index (χ2v) is 3.86. The van der Waals surface area contributed by atoms with Crippen molar-refractivity contribution in [1.29, 1.82) is 0 Å². The fourth-order valence-electron chi connectivity index (χ4n) is 0.926. The molecule has 1 heterocycles. The molecule has 1 aromatic heterocycles. The first-order valence-electron chi connectivity index (χ1n) is 4.16. The molecule has 0 bridgehead atoms. The summed E-state index contributed by atoms with van der Waals surface area (Å²) in [6, 6.07) is -0.929. The van der Waals surface area contributed by atoms with E-state index in [2.05, 4.69) is 4.98 Å². The first-order chi connectivity index (χ1) is 7.00. The Kier molecular flexibility index (Phi) is 3.75. The third-order valence-electron chi connectivity index (χ3n) is 1.76. The lowest BCUT2D eigenvalue weighted by molar-refractivity contribution is -0.138. The average molecular weight is 230 g/mol. The van der Waals surface area contributed by atoms with Crippen molar-refractivity contribution in [1.82, 2.24) is 4.98 Å². The highest BCUT2D eigenvalue weighted by Crippen LogP contribution is 2.12. The average Bonchev–Trinajstić information content (AvgIpc) is 2.62. The monoisotopic (exact) mass is 230 g/mol. The molecule has 1 aromatic rings. The molecule has 0 fully saturated rings. The quantitative estimate of drug-likeness (QED) is 0.665. The number of aromatic nitrogens is 1. The standard InChI is InChI=1S/C8H10N2O4S/c9-4(7(11)12)1-2-6-10-5(3-15-6)8(13)14/h3-4H,1-2,9H2,(H,11,12)(H,13,14)/t4-/m0/s1. The van der Waals surface area contributed by atoms with Gasteiger partial charge in [-0.2, -0.15) is 0 Å². The van der Waals surface area contributed by atoms with Gasteiger partial charge in [-0.15, -0.1) is 11.3 Å². The lowest BCUT2D eigenvalue weighted by Gasteiger charge is -2.02. The van der Waals surface area contributed by atoms with E-state index in [1.54, 1.807) is 0 Å². The SMILES string of the molecule is N[C@@H](CCc1nc(C(=O)O)cs1)C(=O)O. The third kappa shape index (κ3) is 3.30. The van der Waals surface area contributed by atoms with Crippen LogP contribution in [-0.4, -0.2) is 33.2 Å². The Balaban J connectivity index is 2.51. The summed E-state index contributed by atoms with van der Waals surface area (Å²) >= 11 is 1.19. The molecule has 0 aromatic carbocycles. The van der Waals surface area contributed by atoms with Crippen molar-refractivity contribution in [3.05, 3.63) is 16.1 Å². The van der Waals surface area contributed by atoms with Crippen molar-refractivity contribution in [3.63, 3.8) is 0 Å². The number of nitrogens with zero attached hydrogens (tertiary/aromatic N) is 1. The number of carboxylic acids is 2. The smallest absolute Gasteiger partial charge is 0.355 e. The van der Waals surface area contributed by atoms with Gasteiger partial charge in [0.2, 0.25) is 0 Å². The molecule has 1 atom stereocenters. The number of aliphatic carboxylic acids is 1. The van der Waals surface area contributed by atoms with Gasteiger partial charge >= 0.3 is 11.9 Å². The summed E-state index contributed by atoms with van der Waals surface area (Å²) in [4.78, 5) is 24.7. The van der Waals surface area contributed by atoms with Crippen LogP contribution in [0.15, 0.2) is 5.38 Å². The molecule has 1 rings (SSSR count). The van der Waals surface area contributed by atoms with E-state index >= 15 is 0 Å². The van der Waals surface area contributed by atoms with Gasteiger partial charge in [-0.3, -0.25) is 4.79 Å². The maximum atomic E-state index is 10.5. The van der Waals surface area contributed by atoms with Crippen LogP contribution in [0.3, 0.4) is 0 Å². The molecule has 15 heavy (non-hydrogen) atoms. The van der Waals surface area contributed by atoms with Gasteiger partial charge in [0, 0.05) is 11.8 Å². The summed E-state index contributed by atoms with van der Waals surface area (Å²) in [6.45, 7) is 0. The first kappa shape index (κ1) is 11.6. The molecule has 82 valence electrons. The fraction of sp³-hybridized carbons (Fsp3) is 0.375. The molecule has 4 N–H and O–H groups in total. The Labute approximate surface area is 89.4 Å². The summed E-state index contributed by atoms with van der Waals surface area (Å²) in [7, 11) is 0. The van der Waals surface area contributed by atoms with Crippen LogP contribution in [0.5, 0.6) is 0 Å². The van der Waals surface area contributed by atoms with E-state index in [9.17, 15) is 9.59 Å². The highest BCUT2D eigenvalue weighted by Gasteiger charge is 2.13. The number of carbonyl (C=O) groups is 2. The van der Waals surface area contributed by atoms with Crippen LogP contribution in [0.1, 0.15) is 21.9 Å². The van der Waals surface area contributed by atoms with Gasteiger partial charge in [0.05, 0.1) is 5.01 Å². The highest BCUT2D eigenvalue weighted by atomic mass is 32.1. The maximum absolute atomic E-state index is 10.5. The second-order valence-electron chi connectivity index (χ2n) is 2.92. The molecule has 0 aliphatic heterocycles. The van der Waals surface area contributed by atoms with Crippen LogP contribution >= 0.6 is 11.3 Å². The largest absolute Gasteiger partial charge is 0.480 e. The van der Waals surface area contributed by atoms with Crippen molar-refractivity contribution in [2.75, 3.05) is 0 Å². The highest BCUT2D eigenvalue weighted by molar-refractivity contribution is 7.09.